The van der Waals surface area contributed by atoms with Crippen molar-refractivity contribution in [3.05, 3.63) is 77.4 Å². The van der Waals surface area contributed by atoms with Gasteiger partial charge >= 0.3 is 0 Å². The molecule has 28 heavy (non-hydrogen) atoms. The van der Waals surface area contributed by atoms with Gasteiger partial charge in [0, 0.05) is 23.7 Å². The lowest BCUT2D eigenvalue weighted by atomic mass is 9.99. The van der Waals surface area contributed by atoms with Gasteiger partial charge in [0.2, 0.25) is 0 Å². The highest BCUT2D eigenvalue weighted by molar-refractivity contribution is 6.09. The van der Waals surface area contributed by atoms with E-state index in [0.29, 0.717) is 29.0 Å². The standard InChI is InChI=1S/C21H16F2N2O.C2H6/c1-26-21-5-4-17(24)11-18(21)20-9-13-3-2-12(8-19(13)25-20)14-6-15(22)10-16(23)7-14;1-2/h2-8,10-11H,9,24H2,1H3;1-2H3. The van der Waals surface area contributed by atoms with Crippen LogP contribution in [0.4, 0.5) is 20.2 Å². The zero-order valence-electron chi connectivity index (χ0n) is 16.1. The lowest BCUT2D eigenvalue weighted by Crippen LogP contribution is -2.04. The topological polar surface area (TPSA) is 47.6 Å². The Labute approximate surface area is 163 Å². The lowest BCUT2D eigenvalue weighted by molar-refractivity contribution is 0.414. The number of aliphatic imine (C=N–C) groups is 1. The van der Waals surface area contributed by atoms with Crippen LogP contribution >= 0.6 is 0 Å². The molecule has 144 valence electrons. The molecule has 2 N–H and O–H groups in total. The molecule has 0 spiro atoms. The second-order valence-corrected chi connectivity index (χ2v) is 6.20. The summed E-state index contributed by atoms with van der Waals surface area (Å²) in [4.78, 5) is 4.70. The molecule has 3 aromatic rings. The largest absolute Gasteiger partial charge is 0.496 e. The minimum absolute atomic E-state index is 0.482. The second-order valence-electron chi connectivity index (χ2n) is 6.20. The molecule has 3 nitrogen and oxygen atoms in total. The molecule has 3 aromatic carbocycles. The lowest BCUT2D eigenvalue weighted by Gasteiger charge is -2.08. The maximum Gasteiger partial charge on any atom is 0.128 e. The van der Waals surface area contributed by atoms with E-state index >= 15 is 0 Å². The number of nitrogens with two attached hydrogens (primary N) is 1. The van der Waals surface area contributed by atoms with Gasteiger partial charge in [-0.05, 0) is 53.1 Å². The van der Waals surface area contributed by atoms with Gasteiger partial charge in [0.1, 0.15) is 17.4 Å². The first kappa shape index (κ1) is 19.5. The van der Waals surface area contributed by atoms with Crippen LogP contribution in [0.2, 0.25) is 0 Å². The fourth-order valence-electron chi connectivity index (χ4n) is 3.19. The van der Waals surface area contributed by atoms with Crippen LogP contribution in [-0.4, -0.2) is 12.8 Å². The number of nitrogens with zero attached hydrogens (tertiary/aromatic N) is 1. The first-order valence-electron chi connectivity index (χ1n) is 9.14. The summed E-state index contributed by atoms with van der Waals surface area (Å²) >= 11 is 0. The SMILES string of the molecule is CC.COc1ccc(N)cc1C1=Nc2cc(-c3cc(F)cc(F)c3)ccc2C1. The van der Waals surface area contributed by atoms with Gasteiger partial charge in [-0.15, -0.1) is 0 Å². The van der Waals surface area contributed by atoms with Crippen molar-refractivity contribution in [3.8, 4) is 16.9 Å². The van der Waals surface area contributed by atoms with E-state index in [4.69, 9.17) is 15.5 Å². The first-order chi connectivity index (χ1) is 13.5. The van der Waals surface area contributed by atoms with Gasteiger partial charge in [-0.1, -0.05) is 26.0 Å². The average Bonchev–Trinajstić information content (AvgIpc) is 3.12. The van der Waals surface area contributed by atoms with E-state index in [1.807, 2.05) is 44.2 Å². The molecule has 0 atom stereocenters. The summed E-state index contributed by atoms with van der Waals surface area (Å²) < 4.78 is 32.4. The van der Waals surface area contributed by atoms with Crippen molar-refractivity contribution in [3.63, 3.8) is 0 Å². The van der Waals surface area contributed by atoms with Crippen LogP contribution in [0.3, 0.4) is 0 Å². The molecule has 1 aliphatic heterocycles. The third kappa shape index (κ3) is 3.88. The zero-order chi connectivity index (χ0) is 20.3. The Kier molecular flexibility index (Phi) is 5.73. The summed E-state index contributed by atoms with van der Waals surface area (Å²) in [6.07, 6.45) is 0.646. The number of methoxy groups -OCH3 is 1. The Morgan fingerprint density at radius 1 is 0.893 bits per heavy atom. The minimum atomic E-state index is -0.603. The van der Waals surface area contributed by atoms with E-state index in [2.05, 4.69) is 0 Å². The van der Waals surface area contributed by atoms with Gasteiger partial charge in [0.15, 0.2) is 0 Å². The number of rotatable bonds is 3. The van der Waals surface area contributed by atoms with E-state index in [-0.39, 0.29) is 0 Å². The van der Waals surface area contributed by atoms with Crippen molar-refractivity contribution in [2.45, 2.75) is 20.3 Å². The van der Waals surface area contributed by atoms with Crippen molar-refractivity contribution in [1.29, 1.82) is 0 Å². The number of hydrogen-bond acceptors (Lipinski definition) is 3. The maximum atomic E-state index is 13.5. The average molecular weight is 380 g/mol. The van der Waals surface area contributed by atoms with Crippen LogP contribution in [0, 0.1) is 11.6 Å². The Bertz CT molecular complexity index is 1020. The number of nitrogen functional groups attached to an aromatic ring is 1. The van der Waals surface area contributed by atoms with Gasteiger partial charge in [-0.25, -0.2) is 8.78 Å². The predicted octanol–water partition coefficient (Wildman–Crippen LogP) is 5.93. The smallest absolute Gasteiger partial charge is 0.128 e. The molecule has 1 aliphatic rings. The molecular formula is C23H22F2N2O. The Balaban J connectivity index is 0.00000109. The van der Waals surface area contributed by atoms with E-state index in [0.717, 1.165) is 28.6 Å². The van der Waals surface area contributed by atoms with Crippen molar-refractivity contribution in [2.75, 3.05) is 12.8 Å². The zero-order valence-corrected chi connectivity index (χ0v) is 16.1. The quantitative estimate of drug-likeness (QED) is 0.573. The molecule has 0 amide bonds. The summed E-state index contributed by atoms with van der Waals surface area (Å²) in [7, 11) is 1.61. The highest BCUT2D eigenvalue weighted by Crippen LogP contribution is 2.35. The number of fused-ring (bicyclic) bond motifs is 1. The van der Waals surface area contributed by atoms with Crippen LogP contribution in [-0.2, 0) is 6.42 Å². The third-order valence-corrected chi connectivity index (χ3v) is 4.43. The minimum Gasteiger partial charge on any atom is -0.496 e. The number of benzene rings is 3. The molecule has 0 unspecified atom stereocenters. The normalized spacial score (nSPS) is 12.0. The molecule has 0 saturated carbocycles. The summed E-state index contributed by atoms with van der Waals surface area (Å²) in [5.74, 6) is -0.499. The number of anilines is 1. The van der Waals surface area contributed by atoms with Crippen molar-refractivity contribution >= 4 is 17.1 Å². The summed E-state index contributed by atoms with van der Waals surface area (Å²) in [5, 5.41) is 0. The molecule has 5 heteroatoms. The molecule has 0 fully saturated rings. The molecule has 0 saturated heterocycles. The second kappa shape index (κ2) is 8.21. The summed E-state index contributed by atoms with van der Waals surface area (Å²) in [6.45, 7) is 4.00. The molecular weight excluding hydrogens is 358 g/mol. The molecule has 0 aromatic heterocycles. The first-order valence-corrected chi connectivity index (χ1v) is 9.14. The van der Waals surface area contributed by atoms with E-state index in [1.54, 1.807) is 13.2 Å². The molecule has 0 aliphatic carbocycles. The molecule has 0 radical (unpaired) electrons. The van der Waals surface area contributed by atoms with E-state index in [1.165, 1.54) is 12.1 Å². The van der Waals surface area contributed by atoms with Crippen LogP contribution < -0.4 is 10.5 Å². The van der Waals surface area contributed by atoms with Crippen molar-refractivity contribution in [2.24, 2.45) is 4.99 Å². The molecule has 1 heterocycles. The monoisotopic (exact) mass is 380 g/mol. The van der Waals surface area contributed by atoms with E-state index in [9.17, 15) is 8.78 Å². The fourth-order valence-corrected chi connectivity index (χ4v) is 3.19. The Hall–Kier alpha value is -3.21. The van der Waals surface area contributed by atoms with Crippen molar-refractivity contribution < 1.29 is 13.5 Å². The van der Waals surface area contributed by atoms with Crippen molar-refractivity contribution in [1.82, 2.24) is 0 Å². The highest BCUT2D eigenvalue weighted by Gasteiger charge is 2.20. The summed E-state index contributed by atoms with van der Waals surface area (Å²) in [5.41, 5.74) is 11.3. The highest BCUT2D eigenvalue weighted by atomic mass is 19.1. The van der Waals surface area contributed by atoms with Gasteiger partial charge in [0.05, 0.1) is 18.5 Å². The van der Waals surface area contributed by atoms with Gasteiger partial charge in [-0.2, -0.15) is 0 Å². The Morgan fingerprint density at radius 2 is 1.61 bits per heavy atom. The van der Waals surface area contributed by atoms with Gasteiger partial charge in [0.25, 0.3) is 0 Å². The summed E-state index contributed by atoms with van der Waals surface area (Å²) in [6, 6.07) is 14.5. The fraction of sp³-hybridized carbons (Fsp3) is 0.174. The van der Waals surface area contributed by atoms with E-state index < -0.39 is 11.6 Å². The third-order valence-electron chi connectivity index (χ3n) is 4.43. The van der Waals surface area contributed by atoms with Crippen LogP contribution in [0.5, 0.6) is 5.75 Å². The van der Waals surface area contributed by atoms with Crippen LogP contribution in [0.1, 0.15) is 25.0 Å². The predicted molar refractivity (Wildman–Crippen MR) is 110 cm³/mol. The van der Waals surface area contributed by atoms with Crippen LogP contribution in [0.25, 0.3) is 11.1 Å². The number of halogens is 2. The number of hydrogen-bond donors (Lipinski definition) is 1. The van der Waals surface area contributed by atoms with Crippen LogP contribution in [0.15, 0.2) is 59.6 Å². The Morgan fingerprint density at radius 3 is 2.29 bits per heavy atom. The number of ether oxygens (including phenoxy) is 1. The van der Waals surface area contributed by atoms with Gasteiger partial charge < -0.3 is 10.5 Å². The molecule has 0 bridgehead atoms. The van der Waals surface area contributed by atoms with Gasteiger partial charge in [-0.3, -0.25) is 4.99 Å². The molecule has 4 rings (SSSR count). The maximum absolute atomic E-state index is 13.5.